The third-order valence-electron chi connectivity index (χ3n) is 5.26. The molecule has 0 spiro atoms. The molecule has 3 aliphatic rings. The fraction of sp³-hybridized carbons (Fsp3) is 0.929. The van der Waals surface area contributed by atoms with Crippen molar-refractivity contribution in [3.05, 3.63) is 0 Å². The maximum Gasteiger partial charge on any atom is 0.461 e. The topological polar surface area (TPSA) is 54.0 Å². The highest BCUT2D eigenvalue weighted by Gasteiger charge is 2.69. The van der Waals surface area contributed by atoms with Crippen molar-refractivity contribution < 1.29 is 23.6 Å². The average molecular weight is 282 g/mol. The predicted molar refractivity (Wildman–Crippen MR) is 73.2 cm³/mol. The van der Waals surface area contributed by atoms with Crippen molar-refractivity contribution in [2.24, 2.45) is 11.8 Å². The standard InChI is InChI=1S/C14H23BO5/c1-8(16)17-7-10-11-9(6-18-10)12(11)15-19-13(2,3)14(4,5)20-15/h9-12H,6-7H2,1-5H3/t9-,10+,11-,12-/m1/s1. The van der Waals surface area contributed by atoms with Crippen LogP contribution in [0.15, 0.2) is 0 Å². The molecule has 0 unspecified atom stereocenters. The Hall–Kier alpha value is -0.585. The van der Waals surface area contributed by atoms with Crippen molar-refractivity contribution in [2.75, 3.05) is 13.2 Å². The van der Waals surface area contributed by atoms with Gasteiger partial charge in [-0.15, -0.1) is 0 Å². The Bertz CT molecular complexity index is 406. The van der Waals surface area contributed by atoms with Crippen molar-refractivity contribution in [1.82, 2.24) is 0 Å². The Labute approximate surface area is 120 Å². The molecule has 1 aliphatic carbocycles. The first-order valence-electron chi connectivity index (χ1n) is 7.33. The van der Waals surface area contributed by atoms with Gasteiger partial charge in [-0.1, -0.05) is 0 Å². The highest BCUT2D eigenvalue weighted by atomic mass is 16.7. The van der Waals surface area contributed by atoms with E-state index in [2.05, 4.69) is 27.7 Å². The van der Waals surface area contributed by atoms with Crippen LogP contribution in [0.2, 0.25) is 5.82 Å². The van der Waals surface area contributed by atoms with E-state index in [0.29, 0.717) is 30.9 Å². The molecule has 5 nitrogen and oxygen atoms in total. The van der Waals surface area contributed by atoms with E-state index in [4.69, 9.17) is 18.8 Å². The van der Waals surface area contributed by atoms with E-state index in [1.807, 2.05) is 0 Å². The quantitative estimate of drug-likeness (QED) is 0.582. The molecular weight excluding hydrogens is 259 g/mol. The van der Waals surface area contributed by atoms with E-state index in [9.17, 15) is 4.79 Å². The lowest BCUT2D eigenvalue weighted by molar-refractivity contribution is -0.144. The third kappa shape index (κ3) is 2.18. The summed E-state index contributed by atoms with van der Waals surface area (Å²) in [7, 11) is -0.168. The van der Waals surface area contributed by atoms with Gasteiger partial charge in [0.05, 0.1) is 23.9 Å². The Morgan fingerprint density at radius 2 is 1.85 bits per heavy atom. The number of carbonyl (C=O) groups is 1. The van der Waals surface area contributed by atoms with E-state index in [0.717, 1.165) is 0 Å². The van der Waals surface area contributed by atoms with Gasteiger partial charge in [0, 0.05) is 12.7 Å². The summed E-state index contributed by atoms with van der Waals surface area (Å²) in [5.41, 5.74) is -0.582. The predicted octanol–water partition coefficient (Wildman–Crippen LogP) is 1.66. The smallest absolute Gasteiger partial charge is 0.461 e. The first-order valence-corrected chi connectivity index (χ1v) is 7.33. The summed E-state index contributed by atoms with van der Waals surface area (Å²) in [6.45, 7) is 10.7. The van der Waals surface area contributed by atoms with E-state index in [-0.39, 0.29) is 30.4 Å². The lowest BCUT2D eigenvalue weighted by Crippen LogP contribution is -2.41. The number of ether oxygens (including phenoxy) is 2. The number of hydrogen-bond acceptors (Lipinski definition) is 5. The Morgan fingerprint density at radius 1 is 1.25 bits per heavy atom. The van der Waals surface area contributed by atoms with Crippen molar-refractivity contribution in [1.29, 1.82) is 0 Å². The second-order valence-electron chi connectivity index (χ2n) is 7.12. The van der Waals surface area contributed by atoms with Gasteiger partial charge in [-0.05, 0) is 39.5 Å². The Kier molecular flexibility index (Phi) is 3.20. The zero-order valence-electron chi connectivity index (χ0n) is 12.8. The first kappa shape index (κ1) is 14.4. The molecule has 20 heavy (non-hydrogen) atoms. The van der Waals surface area contributed by atoms with E-state index in [1.165, 1.54) is 6.92 Å². The maximum atomic E-state index is 10.9. The number of esters is 1. The molecule has 0 radical (unpaired) electrons. The number of rotatable bonds is 3. The molecule has 4 atom stereocenters. The molecule has 2 saturated heterocycles. The summed E-state index contributed by atoms with van der Waals surface area (Å²) in [5, 5.41) is 0. The van der Waals surface area contributed by atoms with Crippen molar-refractivity contribution >= 4 is 13.1 Å². The van der Waals surface area contributed by atoms with Gasteiger partial charge in [-0.2, -0.15) is 0 Å². The van der Waals surface area contributed by atoms with E-state index >= 15 is 0 Å². The number of hydrogen-bond donors (Lipinski definition) is 0. The number of fused-ring (bicyclic) bond motifs is 1. The normalized spacial score (nSPS) is 40.5. The van der Waals surface area contributed by atoms with Gasteiger partial charge in [0.25, 0.3) is 0 Å². The summed E-state index contributed by atoms with van der Waals surface area (Å²) in [5.74, 6) is 0.976. The molecule has 6 heteroatoms. The molecule has 3 fully saturated rings. The van der Waals surface area contributed by atoms with Crippen LogP contribution in [0.5, 0.6) is 0 Å². The van der Waals surface area contributed by atoms with Crippen molar-refractivity contribution in [3.63, 3.8) is 0 Å². The molecule has 0 aromatic rings. The maximum absolute atomic E-state index is 10.9. The lowest BCUT2D eigenvalue weighted by atomic mass is 9.78. The Balaban J connectivity index is 1.61. The zero-order valence-corrected chi connectivity index (χ0v) is 12.8. The summed E-state index contributed by atoms with van der Waals surface area (Å²) in [6, 6.07) is 0. The second-order valence-corrected chi connectivity index (χ2v) is 7.12. The minimum absolute atomic E-state index is 0.00655. The summed E-state index contributed by atoms with van der Waals surface area (Å²) in [6.07, 6.45) is -0.00655. The van der Waals surface area contributed by atoms with Crippen LogP contribution in [0.4, 0.5) is 0 Å². The van der Waals surface area contributed by atoms with Gasteiger partial charge >= 0.3 is 13.1 Å². The molecule has 2 heterocycles. The molecule has 0 N–H and O–H groups in total. The van der Waals surface area contributed by atoms with E-state index in [1.54, 1.807) is 0 Å². The Morgan fingerprint density at radius 3 is 2.40 bits per heavy atom. The van der Waals surface area contributed by atoms with Gasteiger partial charge in [0.1, 0.15) is 6.61 Å². The monoisotopic (exact) mass is 282 g/mol. The second kappa shape index (κ2) is 4.45. The largest absolute Gasteiger partial charge is 0.463 e. The first-order chi connectivity index (χ1) is 9.23. The SMILES string of the molecule is CC(=O)OC[C@@H]1OC[C@H]2[C@@H](B3OC(C)(C)C(C)(C)O3)[C@H]21. The number of carbonyl (C=O) groups excluding carboxylic acids is 1. The van der Waals surface area contributed by atoms with E-state index < -0.39 is 0 Å². The minimum atomic E-state index is -0.291. The van der Waals surface area contributed by atoms with Crippen LogP contribution in [0.25, 0.3) is 0 Å². The van der Waals surface area contributed by atoms with Crippen LogP contribution in [-0.2, 0) is 23.6 Å². The molecular formula is C14H23BO5. The highest BCUT2D eigenvalue weighted by molar-refractivity contribution is 6.49. The summed E-state index contributed by atoms with van der Waals surface area (Å²) < 4.78 is 23.0. The molecule has 2 aliphatic heterocycles. The lowest BCUT2D eigenvalue weighted by Gasteiger charge is -2.32. The molecule has 0 bridgehead atoms. The van der Waals surface area contributed by atoms with Gasteiger partial charge in [0.15, 0.2) is 0 Å². The van der Waals surface area contributed by atoms with Crippen LogP contribution in [0, 0.1) is 11.8 Å². The van der Waals surface area contributed by atoms with Gasteiger partial charge in [-0.3, -0.25) is 4.79 Å². The summed E-state index contributed by atoms with van der Waals surface area (Å²) >= 11 is 0. The molecule has 0 amide bonds. The van der Waals surface area contributed by atoms with Crippen LogP contribution >= 0.6 is 0 Å². The third-order valence-corrected chi connectivity index (χ3v) is 5.26. The van der Waals surface area contributed by atoms with Gasteiger partial charge in [0.2, 0.25) is 0 Å². The minimum Gasteiger partial charge on any atom is -0.463 e. The fourth-order valence-corrected chi connectivity index (χ4v) is 3.31. The molecule has 112 valence electrons. The molecule has 1 saturated carbocycles. The molecule has 0 aromatic heterocycles. The molecule has 3 rings (SSSR count). The van der Waals surface area contributed by atoms with Crippen LogP contribution in [0.1, 0.15) is 34.6 Å². The highest BCUT2D eigenvalue weighted by Crippen LogP contribution is 2.63. The van der Waals surface area contributed by atoms with Crippen LogP contribution in [-0.4, -0.2) is 43.6 Å². The fourth-order valence-electron chi connectivity index (χ4n) is 3.31. The summed E-state index contributed by atoms with van der Waals surface area (Å²) in [4.78, 5) is 10.9. The molecule has 0 aromatic carbocycles. The van der Waals surface area contributed by atoms with Gasteiger partial charge < -0.3 is 18.8 Å². The van der Waals surface area contributed by atoms with Crippen LogP contribution < -0.4 is 0 Å². The zero-order chi connectivity index (χ0) is 14.7. The van der Waals surface area contributed by atoms with Crippen LogP contribution in [0.3, 0.4) is 0 Å². The van der Waals surface area contributed by atoms with Crippen molar-refractivity contribution in [2.45, 2.75) is 57.7 Å². The van der Waals surface area contributed by atoms with Crippen molar-refractivity contribution in [3.8, 4) is 0 Å². The average Bonchev–Trinajstić information content (AvgIpc) is 2.80. The van der Waals surface area contributed by atoms with Gasteiger partial charge in [-0.25, -0.2) is 0 Å².